The average molecular weight is 381 g/mol. The largest absolute Gasteiger partial charge is 0.478 e. The van der Waals surface area contributed by atoms with Crippen molar-refractivity contribution in [1.82, 2.24) is 5.32 Å². The van der Waals surface area contributed by atoms with Crippen LogP contribution in [0.2, 0.25) is 0 Å². The Morgan fingerprint density at radius 3 is 2.44 bits per heavy atom. The zero-order valence-corrected chi connectivity index (χ0v) is 14.3. The number of benzene rings is 2. The lowest BCUT2D eigenvalue weighted by atomic mass is 10.0. The van der Waals surface area contributed by atoms with Crippen molar-refractivity contribution in [3.8, 4) is 0 Å². The lowest BCUT2D eigenvalue weighted by Gasteiger charge is -2.10. The minimum absolute atomic E-state index is 0.0662. The summed E-state index contributed by atoms with van der Waals surface area (Å²) in [7, 11) is 0. The number of alkyl halides is 3. The summed E-state index contributed by atoms with van der Waals surface area (Å²) in [5, 5.41) is 11.8. The lowest BCUT2D eigenvalue weighted by Crippen LogP contribution is -2.25. The van der Waals surface area contributed by atoms with Crippen LogP contribution in [0.3, 0.4) is 0 Å². The molecule has 0 heterocycles. The third-order valence-electron chi connectivity index (χ3n) is 3.61. The summed E-state index contributed by atoms with van der Waals surface area (Å²) in [6.45, 7) is -1.34. The van der Waals surface area contributed by atoms with E-state index in [0.29, 0.717) is 16.7 Å². The van der Waals surface area contributed by atoms with Gasteiger partial charge in [0.05, 0.1) is 18.6 Å². The Morgan fingerprint density at radius 1 is 1.04 bits per heavy atom. The molecule has 0 aromatic heterocycles. The second-order valence-electron chi connectivity index (χ2n) is 5.84. The van der Waals surface area contributed by atoms with E-state index in [9.17, 15) is 22.8 Å². The second kappa shape index (κ2) is 9.18. The summed E-state index contributed by atoms with van der Waals surface area (Å²) in [6.07, 6.45) is -4.46. The van der Waals surface area contributed by atoms with Crippen LogP contribution < -0.4 is 5.32 Å². The van der Waals surface area contributed by atoms with E-state index in [2.05, 4.69) is 10.1 Å². The van der Waals surface area contributed by atoms with E-state index in [1.54, 1.807) is 42.5 Å². The molecule has 5 nitrogen and oxygen atoms in total. The number of hydrogen-bond acceptors (Lipinski definition) is 3. The molecule has 144 valence electrons. The molecule has 0 atom stereocenters. The van der Waals surface area contributed by atoms with Gasteiger partial charge in [-0.1, -0.05) is 42.5 Å². The Kier molecular flexibility index (Phi) is 6.95. The molecule has 0 aliphatic carbocycles. The van der Waals surface area contributed by atoms with Crippen molar-refractivity contribution in [2.24, 2.45) is 0 Å². The minimum Gasteiger partial charge on any atom is -0.478 e. The molecule has 8 heteroatoms. The van der Waals surface area contributed by atoms with Gasteiger partial charge in [0.15, 0.2) is 0 Å². The third kappa shape index (κ3) is 7.10. The topological polar surface area (TPSA) is 75.6 Å². The standard InChI is InChI=1S/C19H18F3NO4/c20-19(21,22)12-27-11-14-5-3-4-13(8-14)10-23-17(24)9-15-6-1-2-7-16(15)18(25)26/h1-8H,9-12H2,(H,23,24)(H,25,26). The van der Waals surface area contributed by atoms with Gasteiger partial charge in [0.1, 0.15) is 6.61 Å². The van der Waals surface area contributed by atoms with Crippen LogP contribution in [0.15, 0.2) is 48.5 Å². The second-order valence-corrected chi connectivity index (χ2v) is 5.84. The molecular formula is C19H18F3NO4. The van der Waals surface area contributed by atoms with Gasteiger partial charge in [0, 0.05) is 6.54 Å². The zero-order chi connectivity index (χ0) is 19.9. The van der Waals surface area contributed by atoms with Gasteiger partial charge in [-0.15, -0.1) is 0 Å². The van der Waals surface area contributed by atoms with Gasteiger partial charge in [-0.25, -0.2) is 4.79 Å². The van der Waals surface area contributed by atoms with Crippen LogP contribution in [-0.4, -0.2) is 29.8 Å². The van der Waals surface area contributed by atoms with E-state index in [1.807, 2.05) is 0 Å². The van der Waals surface area contributed by atoms with E-state index in [1.165, 1.54) is 6.07 Å². The van der Waals surface area contributed by atoms with E-state index in [-0.39, 0.29) is 31.0 Å². The van der Waals surface area contributed by atoms with Crippen molar-refractivity contribution in [3.63, 3.8) is 0 Å². The highest BCUT2D eigenvalue weighted by molar-refractivity contribution is 5.91. The van der Waals surface area contributed by atoms with Crippen molar-refractivity contribution in [2.75, 3.05) is 6.61 Å². The number of nitrogens with one attached hydrogen (secondary N) is 1. The van der Waals surface area contributed by atoms with Crippen LogP contribution in [0.5, 0.6) is 0 Å². The van der Waals surface area contributed by atoms with Crippen LogP contribution in [-0.2, 0) is 29.1 Å². The number of carbonyl (C=O) groups is 2. The Bertz CT molecular complexity index is 806. The molecule has 2 rings (SSSR count). The predicted molar refractivity (Wildman–Crippen MR) is 91.1 cm³/mol. The number of amides is 1. The van der Waals surface area contributed by atoms with Crippen LogP contribution in [0.25, 0.3) is 0 Å². The van der Waals surface area contributed by atoms with Crippen molar-refractivity contribution >= 4 is 11.9 Å². The Balaban J connectivity index is 1.88. The summed E-state index contributed by atoms with van der Waals surface area (Å²) < 4.78 is 40.9. The maximum absolute atomic E-state index is 12.1. The zero-order valence-electron chi connectivity index (χ0n) is 14.3. The van der Waals surface area contributed by atoms with E-state index >= 15 is 0 Å². The molecule has 1 amide bonds. The van der Waals surface area contributed by atoms with Gasteiger partial charge < -0.3 is 15.2 Å². The first-order valence-corrected chi connectivity index (χ1v) is 8.05. The lowest BCUT2D eigenvalue weighted by molar-refractivity contribution is -0.176. The molecule has 0 unspecified atom stereocenters. The van der Waals surface area contributed by atoms with Crippen LogP contribution in [0, 0.1) is 0 Å². The van der Waals surface area contributed by atoms with Crippen LogP contribution >= 0.6 is 0 Å². The molecule has 0 radical (unpaired) electrons. The van der Waals surface area contributed by atoms with Gasteiger partial charge in [0.2, 0.25) is 5.91 Å². The molecule has 2 N–H and O–H groups in total. The van der Waals surface area contributed by atoms with E-state index in [0.717, 1.165) is 0 Å². The maximum atomic E-state index is 12.1. The SMILES string of the molecule is O=C(Cc1ccccc1C(=O)O)NCc1cccc(COCC(F)(F)F)c1. The molecular weight excluding hydrogens is 363 g/mol. The number of halogens is 3. The quantitative estimate of drug-likeness (QED) is 0.736. The number of aromatic carboxylic acids is 1. The Hall–Kier alpha value is -2.87. The highest BCUT2D eigenvalue weighted by Gasteiger charge is 2.27. The maximum Gasteiger partial charge on any atom is 0.411 e. The molecule has 2 aromatic rings. The van der Waals surface area contributed by atoms with Gasteiger partial charge in [-0.05, 0) is 22.8 Å². The first kappa shape index (κ1) is 20.4. The number of ether oxygens (including phenoxy) is 1. The molecule has 0 fully saturated rings. The number of rotatable bonds is 8. The molecule has 0 saturated heterocycles. The number of carboxylic acid groups (broad SMARTS) is 1. The molecule has 0 aliphatic rings. The molecule has 27 heavy (non-hydrogen) atoms. The summed E-state index contributed by atoms with van der Waals surface area (Å²) >= 11 is 0. The first-order chi connectivity index (χ1) is 12.7. The molecule has 0 aliphatic heterocycles. The van der Waals surface area contributed by atoms with Gasteiger partial charge >= 0.3 is 12.1 Å². The van der Waals surface area contributed by atoms with Gasteiger partial charge in [-0.3, -0.25) is 4.79 Å². The summed E-state index contributed by atoms with van der Waals surface area (Å²) in [6, 6.07) is 12.9. The predicted octanol–water partition coefficient (Wildman–Crippen LogP) is 3.32. The molecule has 0 spiro atoms. The van der Waals surface area contributed by atoms with Crippen LogP contribution in [0.1, 0.15) is 27.0 Å². The highest BCUT2D eigenvalue weighted by atomic mass is 19.4. The Morgan fingerprint density at radius 2 is 1.74 bits per heavy atom. The third-order valence-corrected chi connectivity index (χ3v) is 3.61. The summed E-state index contributed by atoms with van der Waals surface area (Å²) in [5.41, 5.74) is 1.72. The van der Waals surface area contributed by atoms with Crippen molar-refractivity contribution in [2.45, 2.75) is 25.7 Å². The fourth-order valence-corrected chi connectivity index (χ4v) is 2.43. The van der Waals surface area contributed by atoms with Crippen LogP contribution in [0.4, 0.5) is 13.2 Å². The molecule has 0 bridgehead atoms. The monoisotopic (exact) mass is 381 g/mol. The smallest absolute Gasteiger partial charge is 0.411 e. The first-order valence-electron chi connectivity index (χ1n) is 8.05. The Labute approximate surface area is 153 Å². The van der Waals surface area contributed by atoms with Crippen molar-refractivity contribution in [3.05, 3.63) is 70.8 Å². The fourth-order valence-electron chi connectivity index (χ4n) is 2.43. The van der Waals surface area contributed by atoms with E-state index in [4.69, 9.17) is 5.11 Å². The molecule has 2 aromatic carbocycles. The van der Waals surface area contributed by atoms with E-state index < -0.39 is 18.8 Å². The number of hydrogen-bond donors (Lipinski definition) is 2. The van der Waals surface area contributed by atoms with Crippen molar-refractivity contribution < 1.29 is 32.6 Å². The van der Waals surface area contributed by atoms with Gasteiger partial charge in [-0.2, -0.15) is 13.2 Å². The normalized spacial score (nSPS) is 11.2. The van der Waals surface area contributed by atoms with Gasteiger partial charge in [0.25, 0.3) is 0 Å². The average Bonchev–Trinajstić information content (AvgIpc) is 2.59. The number of carbonyl (C=O) groups excluding carboxylic acids is 1. The molecule has 0 saturated carbocycles. The summed E-state index contributed by atoms with van der Waals surface area (Å²) in [5.74, 6) is -1.47. The summed E-state index contributed by atoms with van der Waals surface area (Å²) in [4.78, 5) is 23.2. The number of carboxylic acids is 1. The van der Waals surface area contributed by atoms with Crippen molar-refractivity contribution in [1.29, 1.82) is 0 Å². The minimum atomic E-state index is -4.38. The fraction of sp³-hybridized carbons (Fsp3) is 0.263. The highest BCUT2D eigenvalue weighted by Crippen LogP contribution is 2.16.